The van der Waals surface area contributed by atoms with Gasteiger partial charge in [0.25, 0.3) is 0 Å². The zero-order valence-corrected chi connectivity index (χ0v) is 9.02. The first-order chi connectivity index (χ1) is 7.92. The number of aromatic nitrogens is 1. The van der Waals surface area contributed by atoms with Crippen LogP contribution < -0.4 is 10.1 Å². The molecule has 1 unspecified atom stereocenters. The Labute approximate surface area is 94.5 Å². The Morgan fingerprint density at radius 2 is 2.25 bits per heavy atom. The molecule has 1 N–H and O–H groups in total. The third-order valence-corrected chi connectivity index (χ3v) is 2.93. The molecule has 1 aromatic heterocycles. The van der Waals surface area contributed by atoms with Crippen LogP contribution >= 0.6 is 0 Å². The summed E-state index contributed by atoms with van der Waals surface area (Å²) in [6.45, 7) is 2.00. The van der Waals surface area contributed by atoms with E-state index in [0.717, 1.165) is 30.6 Å². The summed E-state index contributed by atoms with van der Waals surface area (Å²) in [5.41, 5.74) is 0. The quantitative estimate of drug-likeness (QED) is 0.830. The average Bonchev–Trinajstić information content (AvgIpc) is 2.82. The molecule has 1 aliphatic heterocycles. The Bertz CT molecular complexity index is 492. The highest BCUT2D eigenvalue weighted by atomic mass is 16.5. The van der Waals surface area contributed by atoms with Gasteiger partial charge in [0.15, 0.2) is 0 Å². The number of fused-ring (bicyclic) bond motifs is 1. The van der Waals surface area contributed by atoms with E-state index < -0.39 is 0 Å². The van der Waals surface area contributed by atoms with Crippen molar-refractivity contribution in [2.24, 2.45) is 0 Å². The predicted octanol–water partition coefficient (Wildman–Crippen LogP) is 1.98. The van der Waals surface area contributed by atoms with E-state index >= 15 is 0 Å². The topological polar surface area (TPSA) is 34.1 Å². The SMILES string of the molecule is c1cc2ccc(OC3CCNC3)cc2cn1. The molecule has 2 aromatic rings. The lowest BCUT2D eigenvalue weighted by molar-refractivity contribution is 0.223. The molecule has 0 aliphatic carbocycles. The van der Waals surface area contributed by atoms with Crippen LogP contribution in [0.4, 0.5) is 0 Å². The number of nitrogens with zero attached hydrogens (tertiary/aromatic N) is 1. The number of nitrogens with one attached hydrogen (secondary N) is 1. The van der Waals surface area contributed by atoms with Gasteiger partial charge in [-0.05, 0) is 36.6 Å². The summed E-state index contributed by atoms with van der Waals surface area (Å²) in [5, 5.41) is 5.62. The van der Waals surface area contributed by atoms with Gasteiger partial charge in [0.05, 0.1) is 0 Å². The van der Waals surface area contributed by atoms with E-state index in [1.54, 1.807) is 0 Å². The molecule has 1 fully saturated rings. The van der Waals surface area contributed by atoms with Crippen molar-refractivity contribution in [1.29, 1.82) is 0 Å². The van der Waals surface area contributed by atoms with Gasteiger partial charge in [-0.1, -0.05) is 6.07 Å². The summed E-state index contributed by atoms with van der Waals surface area (Å²) in [7, 11) is 0. The molecule has 0 amide bonds. The lowest BCUT2D eigenvalue weighted by atomic mass is 10.2. The minimum atomic E-state index is 0.314. The van der Waals surface area contributed by atoms with E-state index in [-0.39, 0.29) is 0 Å². The van der Waals surface area contributed by atoms with Crippen LogP contribution in [0.2, 0.25) is 0 Å². The third-order valence-electron chi connectivity index (χ3n) is 2.93. The van der Waals surface area contributed by atoms with E-state index in [9.17, 15) is 0 Å². The maximum Gasteiger partial charge on any atom is 0.120 e. The number of ether oxygens (including phenoxy) is 1. The molecule has 3 heteroatoms. The molecule has 82 valence electrons. The smallest absolute Gasteiger partial charge is 0.120 e. The van der Waals surface area contributed by atoms with Gasteiger partial charge in [-0.25, -0.2) is 0 Å². The number of hydrogen-bond acceptors (Lipinski definition) is 3. The second-order valence-electron chi connectivity index (χ2n) is 4.12. The zero-order valence-electron chi connectivity index (χ0n) is 9.02. The van der Waals surface area contributed by atoms with Crippen molar-refractivity contribution >= 4 is 10.8 Å². The highest BCUT2D eigenvalue weighted by molar-refractivity contribution is 5.82. The molecule has 3 nitrogen and oxygen atoms in total. The summed E-state index contributed by atoms with van der Waals surface area (Å²) < 4.78 is 5.89. The predicted molar refractivity (Wildman–Crippen MR) is 63.6 cm³/mol. The van der Waals surface area contributed by atoms with Gasteiger partial charge in [0, 0.05) is 24.3 Å². The molecule has 0 spiro atoms. The lowest BCUT2D eigenvalue weighted by Crippen LogP contribution is -2.19. The highest BCUT2D eigenvalue weighted by Gasteiger charge is 2.15. The van der Waals surface area contributed by atoms with Crippen molar-refractivity contribution in [3.05, 3.63) is 36.7 Å². The van der Waals surface area contributed by atoms with Crippen molar-refractivity contribution in [2.45, 2.75) is 12.5 Å². The molecule has 1 aromatic carbocycles. The van der Waals surface area contributed by atoms with E-state index in [1.165, 1.54) is 5.39 Å². The van der Waals surface area contributed by atoms with Crippen molar-refractivity contribution in [3.8, 4) is 5.75 Å². The largest absolute Gasteiger partial charge is 0.489 e. The first kappa shape index (κ1) is 9.60. The molecule has 1 saturated heterocycles. The van der Waals surface area contributed by atoms with E-state index in [1.807, 2.05) is 24.5 Å². The fraction of sp³-hybridized carbons (Fsp3) is 0.308. The summed E-state index contributed by atoms with van der Waals surface area (Å²) in [6.07, 6.45) is 5.08. The van der Waals surface area contributed by atoms with E-state index in [0.29, 0.717) is 6.10 Å². The van der Waals surface area contributed by atoms with Crippen LogP contribution in [-0.2, 0) is 0 Å². The normalized spacial score (nSPS) is 20.1. The first-order valence-electron chi connectivity index (χ1n) is 5.63. The molecule has 0 bridgehead atoms. The maximum absolute atomic E-state index is 5.89. The minimum absolute atomic E-state index is 0.314. The summed E-state index contributed by atoms with van der Waals surface area (Å²) in [6, 6.07) is 8.17. The molecular weight excluding hydrogens is 200 g/mol. The van der Waals surface area contributed by atoms with Crippen LogP contribution in [0.3, 0.4) is 0 Å². The molecule has 3 rings (SSSR count). The Morgan fingerprint density at radius 1 is 1.25 bits per heavy atom. The van der Waals surface area contributed by atoms with Gasteiger partial charge in [-0.2, -0.15) is 0 Å². The molecule has 16 heavy (non-hydrogen) atoms. The van der Waals surface area contributed by atoms with Gasteiger partial charge in [-0.3, -0.25) is 4.98 Å². The van der Waals surface area contributed by atoms with Crippen LogP contribution in [0, 0.1) is 0 Å². The van der Waals surface area contributed by atoms with Crippen LogP contribution in [-0.4, -0.2) is 24.2 Å². The van der Waals surface area contributed by atoms with Crippen molar-refractivity contribution in [1.82, 2.24) is 10.3 Å². The van der Waals surface area contributed by atoms with Gasteiger partial charge < -0.3 is 10.1 Å². The Morgan fingerprint density at radius 3 is 3.12 bits per heavy atom. The lowest BCUT2D eigenvalue weighted by Gasteiger charge is -2.12. The second-order valence-corrected chi connectivity index (χ2v) is 4.12. The summed E-state index contributed by atoms with van der Waals surface area (Å²) in [5.74, 6) is 0.939. The van der Waals surface area contributed by atoms with Gasteiger partial charge in [0.2, 0.25) is 0 Å². The fourth-order valence-corrected chi connectivity index (χ4v) is 2.06. The van der Waals surface area contributed by atoms with Crippen LogP contribution in [0.5, 0.6) is 5.75 Å². The first-order valence-corrected chi connectivity index (χ1v) is 5.63. The fourth-order valence-electron chi connectivity index (χ4n) is 2.06. The van der Waals surface area contributed by atoms with E-state index in [2.05, 4.69) is 22.4 Å². The maximum atomic E-state index is 5.89. The van der Waals surface area contributed by atoms with Gasteiger partial charge >= 0.3 is 0 Å². The van der Waals surface area contributed by atoms with Crippen molar-refractivity contribution < 1.29 is 4.74 Å². The molecule has 1 atom stereocenters. The highest BCUT2D eigenvalue weighted by Crippen LogP contribution is 2.21. The van der Waals surface area contributed by atoms with E-state index in [4.69, 9.17) is 4.74 Å². The molecule has 0 radical (unpaired) electrons. The number of pyridine rings is 1. The molecule has 2 heterocycles. The monoisotopic (exact) mass is 214 g/mol. The van der Waals surface area contributed by atoms with Crippen LogP contribution in [0.1, 0.15) is 6.42 Å². The van der Waals surface area contributed by atoms with Crippen molar-refractivity contribution in [2.75, 3.05) is 13.1 Å². The Hall–Kier alpha value is -1.61. The third kappa shape index (κ3) is 1.86. The molecule has 0 saturated carbocycles. The zero-order chi connectivity index (χ0) is 10.8. The number of hydrogen-bond donors (Lipinski definition) is 1. The minimum Gasteiger partial charge on any atom is -0.489 e. The van der Waals surface area contributed by atoms with Gasteiger partial charge in [-0.15, -0.1) is 0 Å². The molecular formula is C13H14N2O. The molecule has 1 aliphatic rings. The Balaban J connectivity index is 1.86. The Kier molecular flexibility index (Phi) is 2.46. The number of benzene rings is 1. The summed E-state index contributed by atoms with van der Waals surface area (Å²) >= 11 is 0. The second kappa shape index (κ2) is 4.10. The van der Waals surface area contributed by atoms with Crippen molar-refractivity contribution in [3.63, 3.8) is 0 Å². The number of rotatable bonds is 2. The van der Waals surface area contributed by atoms with Crippen LogP contribution in [0.15, 0.2) is 36.7 Å². The average molecular weight is 214 g/mol. The summed E-state index contributed by atoms with van der Waals surface area (Å²) in [4.78, 5) is 4.12. The standard InChI is InChI=1S/C13H14N2O/c1-2-12(16-13-4-6-15-9-13)7-11-8-14-5-3-10(1)11/h1-3,5,7-8,13,15H,4,6,9H2. The van der Waals surface area contributed by atoms with Gasteiger partial charge in [0.1, 0.15) is 11.9 Å². The van der Waals surface area contributed by atoms with Crippen LogP contribution in [0.25, 0.3) is 10.8 Å².